The van der Waals surface area contributed by atoms with Crippen molar-refractivity contribution in [2.24, 2.45) is 0 Å². The number of hydrogen-bond acceptors (Lipinski definition) is 5. The van der Waals surface area contributed by atoms with Crippen LogP contribution < -0.4 is 10.6 Å². The SMILES string of the molecule is CC(C)(C)OC(=O)NCCCNc1cc(C(=O)O)cc(Cl)n1. The number of halogens is 1. The fourth-order valence-corrected chi connectivity index (χ4v) is 1.73. The molecule has 122 valence electrons. The smallest absolute Gasteiger partial charge is 0.407 e. The highest BCUT2D eigenvalue weighted by Gasteiger charge is 2.15. The molecule has 1 heterocycles. The number of pyridine rings is 1. The van der Waals surface area contributed by atoms with Gasteiger partial charge in [-0.3, -0.25) is 0 Å². The number of carbonyl (C=O) groups is 2. The molecule has 7 nitrogen and oxygen atoms in total. The average molecular weight is 330 g/mol. The molecular formula is C14H20ClN3O4. The van der Waals surface area contributed by atoms with E-state index in [1.54, 1.807) is 20.8 Å². The van der Waals surface area contributed by atoms with E-state index in [0.717, 1.165) is 0 Å². The molecule has 0 aromatic carbocycles. The summed E-state index contributed by atoms with van der Waals surface area (Å²) in [5.41, 5.74) is -0.463. The molecule has 0 spiro atoms. The summed E-state index contributed by atoms with van der Waals surface area (Å²) in [7, 11) is 0. The van der Waals surface area contributed by atoms with Gasteiger partial charge in [0.05, 0.1) is 5.56 Å². The van der Waals surface area contributed by atoms with E-state index < -0.39 is 17.7 Å². The van der Waals surface area contributed by atoms with Crippen LogP contribution in [0.3, 0.4) is 0 Å². The van der Waals surface area contributed by atoms with Crippen molar-refractivity contribution in [2.75, 3.05) is 18.4 Å². The first-order valence-corrected chi connectivity index (χ1v) is 7.17. The summed E-state index contributed by atoms with van der Waals surface area (Å²) in [4.78, 5) is 26.3. The number of carbonyl (C=O) groups excluding carboxylic acids is 1. The number of nitrogens with one attached hydrogen (secondary N) is 2. The number of aromatic carboxylic acids is 1. The lowest BCUT2D eigenvalue weighted by molar-refractivity contribution is 0.0527. The van der Waals surface area contributed by atoms with Crippen molar-refractivity contribution in [2.45, 2.75) is 32.8 Å². The first-order valence-electron chi connectivity index (χ1n) is 6.79. The highest BCUT2D eigenvalue weighted by Crippen LogP contribution is 2.14. The monoisotopic (exact) mass is 329 g/mol. The standard InChI is InChI=1S/C14H20ClN3O4/c1-14(2,3)22-13(21)17-6-4-5-16-11-8-9(12(19)20)7-10(15)18-11/h7-8H,4-6H2,1-3H3,(H,16,18)(H,17,21)(H,19,20). The van der Waals surface area contributed by atoms with Gasteiger partial charge >= 0.3 is 12.1 Å². The third kappa shape index (κ3) is 7.12. The van der Waals surface area contributed by atoms with E-state index in [1.165, 1.54) is 12.1 Å². The quantitative estimate of drug-likeness (QED) is 0.548. The summed E-state index contributed by atoms with van der Waals surface area (Å²) in [6, 6.07) is 2.68. The van der Waals surface area contributed by atoms with Gasteiger partial charge in [-0.25, -0.2) is 14.6 Å². The van der Waals surface area contributed by atoms with E-state index in [4.69, 9.17) is 21.4 Å². The second-order valence-electron chi connectivity index (χ2n) is 5.58. The fourth-order valence-electron chi connectivity index (χ4n) is 1.52. The minimum absolute atomic E-state index is 0.0642. The third-order valence-corrected chi connectivity index (χ3v) is 2.56. The highest BCUT2D eigenvalue weighted by atomic mass is 35.5. The Kier molecular flexibility index (Phi) is 6.42. The van der Waals surface area contributed by atoms with Crippen LogP contribution >= 0.6 is 11.6 Å². The van der Waals surface area contributed by atoms with Gasteiger partial charge in [0, 0.05) is 13.1 Å². The van der Waals surface area contributed by atoms with Gasteiger partial charge in [-0.2, -0.15) is 0 Å². The Morgan fingerprint density at radius 1 is 1.32 bits per heavy atom. The van der Waals surface area contributed by atoms with E-state index >= 15 is 0 Å². The first kappa shape index (κ1) is 18.0. The van der Waals surface area contributed by atoms with Crippen molar-refractivity contribution in [1.82, 2.24) is 10.3 Å². The molecular weight excluding hydrogens is 310 g/mol. The van der Waals surface area contributed by atoms with Gasteiger partial charge in [0.1, 0.15) is 16.6 Å². The maximum absolute atomic E-state index is 11.4. The minimum atomic E-state index is -1.07. The Labute approximate surface area is 134 Å². The van der Waals surface area contributed by atoms with Crippen LogP contribution in [0.1, 0.15) is 37.6 Å². The van der Waals surface area contributed by atoms with Crippen LogP contribution in [0.5, 0.6) is 0 Å². The molecule has 0 aliphatic rings. The van der Waals surface area contributed by atoms with Crippen molar-refractivity contribution in [1.29, 1.82) is 0 Å². The average Bonchev–Trinajstić information content (AvgIpc) is 2.35. The number of ether oxygens (including phenoxy) is 1. The largest absolute Gasteiger partial charge is 0.478 e. The summed E-state index contributed by atoms with van der Waals surface area (Å²) >= 11 is 5.75. The van der Waals surface area contributed by atoms with Gasteiger partial charge in [-0.15, -0.1) is 0 Å². The van der Waals surface area contributed by atoms with Crippen LogP contribution in [0.15, 0.2) is 12.1 Å². The number of aromatic nitrogens is 1. The molecule has 1 amide bonds. The van der Waals surface area contributed by atoms with E-state index in [9.17, 15) is 9.59 Å². The van der Waals surface area contributed by atoms with Gasteiger partial charge < -0.3 is 20.5 Å². The Morgan fingerprint density at radius 2 is 2.00 bits per heavy atom. The highest BCUT2D eigenvalue weighted by molar-refractivity contribution is 6.29. The second kappa shape index (κ2) is 7.84. The predicted molar refractivity (Wildman–Crippen MR) is 83.5 cm³/mol. The molecule has 1 rings (SSSR count). The van der Waals surface area contributed by atoms with E-state index in [0.29, 0.717) is 25.3 Å². The van der Waals surface area contributed by atoms with Crippen molar-refractivity contribution >= 4 is 29.5 Å². The zero-order valence-electron chi connectivity index (χ0n) is 12.8. The van der Waals surface area contributed by atoms with Crippen LogP contribution in [0.4, 0.5) is 10.6 Å². The van der Waals surface area contributed by atoms with Gasteiger partial charge in [0.2, 0.25) is 0 Å². The van der Waals surface area contributed by atoms with Crippen LogP contribution in [0.2, 0.25) is 5.15 Å². The van der Waals surface area contributed by atoms with Gasteiger partial charge in [0.25, 0.3) is 0 Å². The number of anilines is 1. The summed E-state index contributed by atoms with van der Waals surface area (Å²) < 4.78 is 5.09. The number of carboxylic acids is 1. The zero-order chi connectivity index (χ0) is 16.8. The van der Waals surface area contributed by atoms with Crippen LogP contribution in [-0.4, -0.2) is 40.8 Å². The van der Waals surface area contributed by atoms with Crippen molar-refractivity contribution < 1.29 is 19.4 Å². The van der Waals surface area contributed by atoms with Crippen molar-refractivity contribution in [3.8, 4) is 0 Å². The maximum atomic E-state index is 11.4. The van der Waals surface area contributed by atoms with E-state index in [2.05, 4.69) is 15.6 Å². The molecule has 0 atom stereocenters. The lowest BCUT2D eigenvalue weighted by atomic mass is 10.2. The van der Waals surface area contributed by atoms with Crippen LogP contribution in [0, 0.1) is 0 Å². The summed E-state index contributed by atoms with van der Waals surface area (Å²) in [5, 5.41) is 14.6. The summed E-state index contributed by atoms with van der Waals surface area (Å²) in [6.45, 7) is 6.30. The van der Waals surface area contributed by atoms with Crippen molar-refractivity contribution in [3.63, 3.8) is 0 Å². The number of amides is 1. The number of nitrogens with zero attached hydrogens (tertiary/aromatic N) is 1. The zero-order valence-corrected chi connectivity index (χ0v) is 13.5. The number of hydrogen-bond donors (Lipinski definition) is 3. The lowest BCUT2D eigenvalue weighted by Crippen LogP contribution is -2.33. The lowest BCUT2D eigenvalue weighted by Gasteiger charge is -2.19. The van der Waals surface area contributed by atoms with Gasteiger partial charge in [-0.1, -0.05) is 11.6 Å². The van der Waals surface area contributed by atoms with Gasteiger partial charge in [-0.05, 0) is 39.3 Å². The Balaban J connectivity index is 2.33. The summed E-state index contributed by atoms with van der Waals surface area (Å²) in [6.07, 6.45) is 0.150. The molecule has 8 heteroatoms. The van der Waals surface area contributed by atoms with Gasteiger partial charge in [0.15, 0.2) is 0 Å². The Morgan fingerprint density at radius 3 is 2.59 bits per heavy atom. The van der Waals surface area contributed by atoms with E-state index in [-0.39, 0.29) is 10.7 Å². The fraction of sp³-hybridized carbons (Fsp3) is 0.500. The number of rotatable bonds is 6. The Bertz CT molecular complexity index is 543. The predicted octanol–water partition coefficient (Wildman–Crippen LogP) is 2.76. The number of alkyl carbamates (subject to hydrolysis) is 1. The number of carboxylic acid groups (broad SMARTS) is 1. The van der Waals surface area contributed by atoms with E-state index in [1.807, 2.05) is 0 Å². The third-order valence-electron chi connectivity index (χ3n) is 2.37. The normalized spacial score (nSPS) is 10.9. The Hall–Kier alpha value is -2.02. The molecule has 0 radical (unpaired) electrons. The topological polar surface area (TPSA) is 101 Å². The first-order chi connectivity index (χ1) is 10.2. The molecule has 0 aliphatic heterocycles. The molecule has 0 aliphatic carbocycles. The second-order valence-corrected chi connectivity index (χ2v) is 5.97. The molecule has 0 unspecified atom stereocenters. The molecule has 0 saturated heterocycles. The molecule has 22 heavy (non-hydrogen) atoms. The molecule has 0 bridgehead atoms. The van der Waals surface area contributed by atoms with Crippen molar-refractivity contribution in [3.05, 3.63) is 22.8 Å². The summed E-state index contributed by atoms with van der Waals surface area (Å²) in [5.74, 6) is -0.693. The maximum Gasteiger partial charge on any atom is 0.407 e. The van der Waals surface area contributed by atoms with Crippen LogP contribution in [-0.2, 0) is 4.74 Å². The molecule has 1 aromatic rings. The molecule has 0 fully saturated rings. The minimum Gasteiger partial charge on any atom is -0.478 e. The molecule has 1 aromatic heterocycles. The van der Waals surface area contributed by atoms with Crippen LogP contribution in [0.25, 0.3) is 0 Å². The molecule has 0 saturated carbocycles. The molecule has 3 N–H and O–H groups in total.